The molecular weight excluding hydrogens is 312 g/mol. The number of aliphatic hydroxyl groups is 1. The standard InChI is InChI=1S/C21H28N2O2/c1-18-16-22(14-15-25-20-10-6-3-7-11-20)12-13-23(18)17-21(24)19-8-4-2-5-9-19/h2-11,18,21,24H,12-17H2,1H3/t18-,21-/m1/s1. The van der Waals surface area contributed by atoms with E-state index >= 15 is 0 Å². The van der Waals surface area contributed by atoms with Gasteiger partial charge in [-0.1, -0.05) is 48.5 Å². The minimum Gasteiger partial charge on any atom is -0.492 e. The van der Waals surface area contributed by atoms with Gasteiger partial charge in [0, 0.05) is 38.8 Å². The van der Waals surface area contributed by atoms with E-state index in [9.17, 15) is 5.11 Å². The number of rotatable bonds is 7. The second-order valence-corrected chi connectivity index (χ2v) is 6.73. The van der Waals surface area contributed by atoms with Gasteiger partial charge >= 0.3 is 0 Å². The second-order valence-electron chi connectivity index (χ2n) is 6.73. The number of hydrogen-bond donors (Lipinski definition) is 1. The Morgan fingerprint density at radius 3 is 2.40 bits per heavy atom. The van der Waals surface area contributed by atoms with Crippen LogP contribution in [0.2, 0.25) is 0 Å². The number of para-hydroxylation sites is 1. The summed E-state index contributed by atoms with van der Waals surface area (Å²) in [6.45, 7) is 7.60. The van der Waals surface area contributed by atoms with Crippen molar-refractivity contribution in [3.8, 4) is 5.75 Å². The van der Waals surface area contributed by atoms with Crippen LogP contribution in [0.1, 0.15) is 18.6 Å². The van der Waals surface area contributed by atoms with Crippen molar-refractivity contribution in [3.63, 3.8) is 0 Å². The van der Waals surface area contributed by atoms with Gasteiger partial charge in [0.05, 0.1) is 6.10 Å². The second kappa shape index (κ2) is 8.99. The molecule has 4 heteroatoms. The van der Waals surface area contributed by atoms with Crippen LogP contribution in [0.25, 0.3) is 0 Å². The quantitative estimate of drug-likeness (QED) is 0.841. The minimum absolute atomic E-state index is 0.420. The molecule has 134 valence electrons. The average Bonchev–Trinajstić information content (AvgIpc) is 2.65. The smallest absolute Gasteiger partial charge is 0.119 e. The number of benzene rings is 2. The molecule has 0 unspecified atom stereocenters. The van der Waals surface area contributed by atoms with Gasteiger partial charge in [0.2, 0.25) is 0 Å². The van der Waals surface area contributed by atoms with E-state index in [1.165, 1.54) is 0 Å². The summed E-state index contributed by atoms with van der Waals surface area (Å²) in [7, 11) is 0. The molecule has 0 aliphatic carbocycles. The van der Waals surface area contributed by atoms with Crippen molar-refractivity contribution < 1.29 is 9.84 Å². The van der Waals surface area contributed by atoms with Crippen LogP contribution in [0.3, 0.4) is 0 Å². The first-order chi connectivity index (χ1) is 12.2. The lowest BCUT2D eigenvalue weighted by atomic mass is 10.1. The van der Waals surface area contributed by atoms with Gasteiger partial charge in [0.15, 0.2) is 0 Å². The van der Waals surface area contributed by atoms with Crippen LogP contribution < -0.4 is 4.74 Å². The maximum atomic E-state index is 10.4. The third kappa shape index (κ3) is 5.30. The third-order valence-corrected chi connectivity index (χ3v) is 4.86. The molecular formula is C21H28N2O2. The predicted octanol–water partition coefficient (Wildman–Crippen LogP) is 2.81. The van der Waals surface area contributed by atoms with E-state index in [1.54, 1.807) is 0 Å². The zero-order valence-electron chi connectivity index (χ0n) is 14.9. The molecule has 0 spiro atoms. The number of β-amino-alcohol motifs (C(OH)–C–C–N with tert-alkyl or cyclic N) is 1. The van der Waals surface area contributed by atoms with E-state index in [4.69, 9.17) is 4.74 Å². The third-order valence-electron chi connectivity index (χ3n) is 4.86. The minimum atomic E-state index is -0.420. The fourth-order valence-electron chi connectivity index (χ4n) is 3.36. The van der Waals surface area contributed by atoms with Crippen LogP contribution >= 0.6 is 0 Å². The lowest BCUT2D eigenvalue weighted by molar-refractivity contribution is 0.0347. The van der Waals surface area contributed by atoms with Crippen molar-refractivity contribution in [3.05, 3.63) is 66.2 Å². The van der Waals surface area contributed by atoms with Crippen molar-refractivity contribution in [1.82, 2.24) is 9.80 Å². The molecule has 2 aromatic rings. The summed E-state index contributed by atoms with van der Waals surface area (Å²) in [6.07, 6.45) is -0.420. The highest BCUT2D eigenvalue weighted by Gasteiger charge is 2.25. The first-order valence-electron chi connectivity index (χ1n) is 9.09. The largest absolute Gasteiger partial charge is 0.492 e. The molecule has 1 N–H and O–H groups in total. The Balaban J connectivity index is 1.41. The fourth-order valence-corrected chi connectivity index (χ4v) is 3.36. The SMILES string of the molecule is C[C@@H]1CN(CCOc2ccccc2)CCN1C[C@@H](O)c1ccccc1. The van der Waals surface area contributed by atoms with Gasteiger partial charge in [-0.25, -0.2) is 0 Å². The molecule has 0 amide bonds. The Labute approximate surface area is 150 Å². The van der Waals surface area contributed by atoms with Crippen molar-refractivity contribution in [2.45, 2.75) is 19.1 Å². The molecule has 2 aromatic carbocycles. The number of nitrogens with zero attached hydrogens (tertiary/aromatic N) is 2. The molecule has 1 aliphatic heterocycles. The topological polar surface area (TPSA) is 35.9 Å². The number of aliphatic hydroxyl groups excluding tert-OH is 1. The van der Waals surface area contributed by atoms with E-state index in [0.29, 0.717) is 19.2 Å². The Bertz CT molecular complexity index is 620. The Morgan fingerprint density at radius 2 is 1.72 bits per heavy atom. The zero-order valence-corrected chi connectivity index (χ0v) is 14.9. The first kappa shape index (κ1) is 17.9. The van der Waals surface area contributed by atoms with Gasteiger partial charge in [-0.05, 0) is 24.6 Å². The molecule has 1 fully saturated rings. The van der Waals surface area contributed by atoms with E-state index in [0.717, 1.165) is 37.5 Å². The summed E-state index contributed by atoms with van der Waals surface area (Å²) < 4.78 is 5.80. The summed E-state index contributed by atoms with van der Waals surface area (Å²) in [5, 5.41) is 10.4. The van der Waals surface area contributed by atoms with Crippen molar-refractivity contribution in [2.24, 2.45) is 0 Å². The molecule has 0 saturated carbocycles. The van der Waals surface area contributed by atoms with Gasteiger partial charge in [0.1, 0.15) is 12.4 Å². The van der Waals surface area contributed by atoms with E-state index in [-0.39, 0.29) is 0 Å². The average molecular weight is 340 g/mol. The Kier molecular flexibility index (Phi) is 6.45. The van der Waals surface area contributed by atoms with Gasteiger partial charge in [-0.2, -0.15) is 0 Å². The zero-order chi connectivity index (χ0) is 17.5. The highest BCUT2D eigenvalue weighted by molar-refractivity contribution is 5.21. The van der Waals surface area contributed by atoms with Crippen LogP contribution in [0, 0.1) is 0 Å². The van der Waals surface area contributed by atoms with Crippen molar-refractivity contribution >= 4 is 0 Å². The van der Waals surface area contributed by atoms with Gasteiger partial charge in [-0.3, -0.25) is 9.80 Å². The monoisotopic (exact) mass is 340 g/mol. The van der Waals surface area contributed by atoms with E-state index in [1.807, 2.05) is 60.7 Å². The number of hydrogen-bond acceptors (Lipinski definition) is 4. The Morgan fingerprint density at radius 1 is 1.04 bits per heavy atom. The lowest BCUT2D eigenvalue weighted by Gasteiger charge is -2.40. The van der Waals surface area contributed by atoms with Crippen LogP contribution in [-0.2, 0) is 0 Å². The van der Waals surface area contributed by atoms with Crippen LogP contribution in [0.15, 0.2) is 60.7 Å². The van der Waals surface area contributed by atoms with Crippen LogP contribution in [-0.4, -0.2) is 60.3 Å². The number of ether oxygens (including phenoxy) is 1. The molecule has 1 saturated heterocycles. The summed E-state index contributed by atoms with van der Waals surface area (Å²) in [6, 6.07) is 20.3. The van der Waals surface area contributed by atoms with Crippen LogP contribution in [0.5, 0.6) is 5.75 Å². The van der Waals surface area contributed by atoms with Crippen LogP contribution in [0.4, 0.5) is 0 Å². The summed E-state index contributed by atoms with van der Waals surface area (Å²) in [5.74, 6) is 0.931. The summed E-state index contributed by atoms with van der Waals surface area (Å²) in [4.78, 5) is 4.82. The molecule has 25 heavy (non-hydrogen) atoms. The van der Waals surface area contributed by atoms with E-state index < -0.39 is 6.10 Å². The molecule has 0 radical (unpaired) electrons. The van der Waals surface area contributed by atoms with Gasteiger partial charge in [0.25, 0.3) is 0 Å². The highest BCUT2D eigenvalue weighted by atomic mass is 16.5. The van der Waals surface area contributed by atoms with Crippen molar-refractivity contribution in [2.75, 3.05) is 39.3 Å². The maximum Gasteiger partial charge on any atom is 0.119 e. The highest BCUT2D eigenvalue weighted by Crippen LogP contribution is 2.18. The summed E-state index contributed by atoms with van der Waals surface area (Å²) in [5.41, 5.74) is 0.994. The Hall–Kier alpha value is -1.88. The fraction of sp³-hybridized carbons (Fsp3) is 0.429. The number of piperazine rings is 1. The molecule has 3 rings (SSSR count). The van der Waals surface area contributed by atoms with Gasteiger partial charge in [-0.15, -0.1) is 0 Å². The normalized spacial score (nSPS) is 20.3. The molecule has 4 nitrogen and oxygen atoms in total. The lowest BCUT2D eigenvalue weighted by Crippen LogP contribution is -2.53. The molecule has 0 bridgehead atoms. The van der Waals surface area contributed by atoms with Gasteiger partial charge < -0.3 is 9.84 Å². The first-order valence-corrected chi connectivity index (χ1v) is 9.09. The molecule has 1 heterocycles. The van der Waals surface area contributed by atoms with E-state index in [2.05, 4.69) is 16.7 Å². The molecule has 2 atom stereocenters. The summed E-state index contributed by atoms with van der Waals surface area (Å²) >= 11 is 0. The molecule has 1 aliphatic rings. The predicted molar refractivity (Wildman–Crippen MR) is 101 cm³/mol. The maximum absolute atomic E-state index is 10.4. The molecule has 0 aromatic heterocycles. The van der Waals surface area contributed by atoms with Crippen molar-refractivity contribution in [1.29, 1.82) is 0 Å².